The Morgan fingerprint density at radius 3 is 2.69 bits per heavy atom. The summed E-state index contributed by atoms with van der Waals surface area (Å²) in [6, 6.07) is 6.57. The third-order valence-corrected chi connectivity index (χ3v) is 4.49. The van der Waals surface area contributed by atoms with Crippen LogP contribution in [0.1, 0.15) is 5.56 Å². The molecule has 3 rings (SSSR count). The maximum Gasteiger partial charge on any atom is 0.271 e. The van der Waals surface area contributed by atoms with E-state index in [1.54, 1.807) is 6.07 Å². The van der Waals surface area contributed by atoms with Crippen LogP contribution in [0.4, 0.5) is 22.9 Å². The van der Waals surface area contributed by atoms with Gasteiger partial charge in [-0.05, 0) is 13.1 Å². The summed E-state index contributed by atoms with van der Waals surface area (Å²) in [5, 5.41) is 23.5. The van der Waals surface area contributed by atoms with Crippen molar-refractivity contribution >= 4 is 34.5 Å². The molecule has 26 heavy (non-hydrogen) atoms. The highest BCUT2D eigenvalue weighted by molar-refractivity contribution is 6.30. The zero-order valence-electron chi connectivity index (χ0n) is 14.0. The summed E-state index contributed by atoms with van der Waals surface area (Å²) >= 11 is 5.94. The molecular formula is C16H16ClN7O2. The number of likely N-dealkylation sites (N-methyl/N-ethyl adjacent to an activating group) is 1. The lowest BCUT2D eigenvalue weighted by Crippen LogP contribution is -2.44. The number of non-ortho nitro benzene ring substituents is 1. The molecule has 0 saturated carbocycles. The van der Waals surface area contributed by atoms with Crippen LogP contribution in [0.5, 0.6) is 0 Å². The van der Waals surface area contributed by atoms with Crippen molar-refractivity contribution in [2.75, 3.05) is 43.4 Å². The lowest BCUT2D eigenvalue weighted by molar-refractivity contribution is -0.384. The van der Waals surface area contributed by atoms with Crippen LogP contribution in [0, 0.1) is 21.4 Å². The van der Waals surface area contributed by atoms with Crippen molar-refractivity contribution in [3.05, 3.63) is 45.4 Å². The fourth-order valence-electron chi connectivity index (χ4n) is 2.75. The smallest absolute Gasteiger partial charge is 0.271 e. The van der Waals surface area contributed by atoms with Crippen LogP contribution in [0.2, 0.25) is 5.15 Å². The molecule has 1 aliphatic rings. The van der Waals surface area contributed by atoms with E-state index in [4.69, 9.17) is 11.6 Å². The number of halogens is 1. The van der Waals surface area contributed by atoms with Crippen molar-refractivity contribution in [2.24, 2.45) is 0 Å². The minimum Gasteiger partial charge on any atom is -0.367 e. The number of aromatic nitrogens is 2. The second kappa shape index (κ2) is 7.51. The van der Waals surface area contributed by atoms with E-state index < -0.39 is 4.92 Å². The number of hydrogen-bond acceptors (Lipinski definition) is 8. The minimum absolute atomic E-state index is 0.0246. The number of nitro groups is 1. The Kier molecular flexibility index (Phi) is 5.16. The predicted octanol–water partition coefficient (Wildman–Crippen LogP) is 2.41. The number of nitrogens with one attached hydrogen (secondary N) is 1. The molecule has 10 heteroatoms. The standard InChI is InChI=1S/C16H16ClN7O2/c1-22-4-6-23(7-5-22)14-3-2-11(24(25)26)8-13(14)21-16-12(9-18)15(17)19-10-20-16/h2-3,8,10H,4-7H2,1H3,(H,19,20,21). The summed E-state index contributed by atoms with van der Waals surface area (Å²) in [5.74, 6) is 0.211. The van der Waals surface area contributed by atoms with Crippen molar-refractivity contribution in [3.8, 4) is 6.07 Å². The van der Waals surface area contributed by atoms with Gasteiger partial charge in [0.25, 0.3) is 5.69 Å². The fourth-order valence-corrected chi connectivity index (χ4v) is 2.92. The molecule has 1 aromatic heterocycles. The molecule has 1 fully saturated rings. The number of piperazine rings is 1. The van der Waals surface area contributed by atoms with Gasteiger partial charge in [0.1, 0.15) is 18.0 Å². The summed E-state index contributed by atoms with van der Waals surface area (Å²) in [5.41, 5.74) is 1.34. The summed E-state index contributed by atoms with van der Waals surface area (Å²) in [4.78, 5) is 22.9. The zero-order valence-corrected chi connectivity index (χ0v) is 14.8. The van der Waals surface area contributed by atoms with Gasteiger partial charge in [-0.15, -0.1) is 0 Å². The van der Waals surface area contributed by atoms with Gasteiger partial charge in [-0.2, -0.15) is 5.26 Å². The van der Waals surface area contributed by atoms with Crippen molar-refractivity contribution in [1.82, 2.24) is 14.9 Å². The molecule has 9 nitrogen and oxygen atoms in total. The Labute approximate surface area is 155 Å². The van der Waals surface area contributed by atoms with Gasteiger partial charge in [-0.1, -0.05) is 11.6 Å². The molecule has 1 aromatic carbocycles. The van der Waals surface area contributed by atoms with E-state index in [1.165, 1.54) is 18.5 Å². The first-order valence-corrected chi connectivity index (χ1v) is 8.27. The first kappa shape index (κ1) is 17.8. The first-order valence-electron chi connectivity index (χ1n) is 7.89. The molecule has 0 spiro atoms. The van der Waals surface area contributed by atoms with E-state index in [1.807, 2.05) is 6.07 Å². The van der Waals surface area contributed by atoms with E-state index in [-0.39, 0.29) is 22.2 Å². The summed E-state index contributed by atoms with van der Waals surface area (Å²) < 4.78 is 0. The van der Waals surface area contributed by atoms with Gasteiger partial charge < -0.3 is 15.1 Å². The first-order chi connectivity index (χ1) is 12.5. The van der Waals surface area contributed by atoms with E-state index in [0.29, 0.717) is 5.69 Å². The highest BCUT2D eigenvalue weighted by atomic mass is 35.5. The van der Waals surface area contributed by atoms with E-state index in [9.17, 15) is 15.4 Å². The van der Waals surface area contributed by atoms with E-state index in [2.05, 4.69) is 32.1 Å². The normalized spacial score (nSPS) is 14.7. The molecule has 2 heterocycles. The van der Waals surface area contributed by atoms with Gasteiger partial charge in [0, 0.05) is 38.3 Å². The number of benzene rings is 1. The number of rotatable bonds is 4. The SMILES string of the molecule is CN1CCN(c2ccc([N+](=O)[O-])cc2Nc2ncnc(Cl)c2C#N)CC1. The monoisotopic (exact) mass is 373 g/mol. The average Bonchev–Trinajstić information content (AvgIpc) is 2.63. The Bertz CT molecular complexity index is 875. The zero-order chi connectivity index (χ0) is 18.7. The van der Waals surface area contributed by atoms with E-state index in [0.717, 1.165) is 31.9 Å². The molecule has 0 bridgehead atoms. The van der Waals surface area contributed by atoms with Gasteiger partial charge in [-0.3, -0.25) is 10.1 Å². The number of nitrogens with zero attached hydrogens (tertiary/aromatic N) is 6. The van der Waals surface area contributed by atoms with Gasteiger partial charge >= 0.3 is 0 Å². The molecule has 1 aliphatic heterocycles. The fraction of sp³-hybridized carbons (Fsp3) is 0.312. The van der Waals surface area contributed by atoms with Crippen molar-refractivity contribution < 1.29 is 4.92 Å². The molecule has 0 radical (unpaired) electrons. The van der Waals surface area contributed by atoms with Crippen LogP contribution in [-0.2, 0) is 0 Å². The Morgan fingerprint density at radius 2 is 2.04 bits per heavy atom. The topological polar surface area (TPSA) is 111 Å². The largest absolute Gasteiger partial charge is 0.367 e. The summed E-state index contributed by atoms with van der Waals surface area (Å²) in [6.07, 6.45) is 1.23. The molecule has 0 atom stereocenters. The summed E-state index contributed by atoms with van der Waals surface area (Å²) in [7, 11) is 2.05. The second-order valence-electron chi connectivity index (χ2n) is 5.87. The molecule has 0 unspecified atom stereocenters. The Balaban J connectivity index is 2.01. The minimum atomic E-state index is -0.461. The van der Waals surface area contributed by atoms with Crippen LogP contribution in [0.15, 0.2) is 24.5 Å². The molecule has 2 aromatic rings. The van der Waals surface area contributed by atoms with Crippen LogP contribution in [-0.4, -0.2) is 53.0 Å². The quantitative estimate of drug-likeness (QED) is 0.494. The van der Waals surface area contributed by atoms with Gasteiger partial charge in [0.2, 0.25) is 0 Å². The summed E-state index contributed by atoms with van der Waals surface area (Å²) in [6.45, 7) is 3.36. The van der Waals surface area contributed by atoms with Crippen molar-refractivity contribution in [2.45, 2.75) is 0 Å². The Morgan fingerprint density at radius 1 is 1.31 bits per heavy atom. The molecule has 0 aliphatic carbocycles. The average molecular weight is 374 g/mol. The van der Waals surface area contributed by atoms with Crippen molar-refractivity contribution in [3.63, 3.8) is 0 Å². The molecule has 134 valence electrons. The second-order valence-corrected chi connectivity index (χ2v) is 6.23. The van der Waals surface area contributed by atoms with Crippen LogP contribution in [0.3, 0.4) is 0 Å². The van der Waals surface area contributed by atoms with Gasteiger partial charge in [0.05, 0.1) is 16.3 Å². The van der Waals surface area contributed by atoms with Crippen LogP contribution >= 0.6 is 11.6 Å². The lowest BCUT2D eigenvalue weighted by Gasteiger charge is -2.35. The highest BCUT2D eigenvalue weighted by Crippen LogP contribution is 2.34. The molecule has 1 N–H and O–H groups in total. The number of anilines is 3. The third-order valence-electron chi connectivity index (χ3n) is 4.20. The lowest BCUT2D eigenvalue weighted by atomic mass is 10.2. The number of nitriles is 1. The number of nitro benzene ring substituents is 1. The van der Waals surface area contributed by atoms with Crippen molar-refractivity contribution in [1.29, 1.82) is 5.26 Å². The highest BCUT2D eigenvalue weighted by Gasteiger charge is 2.21. The third kappa shape index (κ3) is 3.66. The maximum absolute atomic E-state index is 11.2. The predicted molar refractivity (Wildman–Crippen MR) is 97.8 cm³/mol. The molecule has 0 amide bonds. The van der Waals surface area contributed by atoms with E-state index >= 15 is 0 Å². The molecular weight excluding hydrogens is 358 g/mol. The molecule has 1 saturated heterocycles. The van der Waals surface area contributed by atoms with Gasteiger partial charge in [-0.25, -0.2) is 9.97 Å². The van der Waals surface area contributed by atoms with Crippen LogP contribution < -0.4 is 10.2 Å². The van der Waals surface area contributed by atoms with Gasteiger partial charge in [0.15, 0.2) is 11.0 Å². The maximum atomic E-state index is 11.2. The van der Waals surface area contributed by atoms with Crippen LogP contribution in [0.25, 0.3) is 0 Å². The number of hydrogen-bond donors (Lipinski definition) is 1. The Hall–Kier alpha value is -2.96.